The molecule has 1 aliphatic rings. The molecule has 3 atom stereocenters. The van der Waals surface area contributed by atoms with E-state index in [4.69, 9.17) is 30.5 Å². The number of nitrogens with one attached hydrogen (secondary N) is 2. The Morgan fingerprint density at radius 1 is 1.09 bits per heavy atom. The second-order valence-corrected chi connectivity index (χ2v) is 12.4. The van der Waals surface area contributed by atoms with E-state index in [0.29, 0.717) is 34.9 Å². The molecule has 0 spiro atoms. The average molecular weight is 648 g/mol. The molecular weight excluding hydrogens is 602 g/mol. The number of halogens is 1. The van der Waals surface area contributed by atoms with Crippen LogP contribution in [0.25, 0.3) is 0 Å². The van der Waals surface area contributed by atoms with Gasteiger partial charge in [0, 0.05) is 43.9 Å². The van der Waals surface area contributed by atoms with Gasteiger partial charge in [-0.25, -0.2) is 9.59 Å². The molecular formula is C33H46ClN3O8. The van der Waals surface area contributed by atoms with Gasteiger partial charge in [-0.3, -0.25) is 4.79 Å². The zero-order chi connectivity index (χ0) is 33.0. The number of rotatable bonds is 13. The number of hydrogen-bond donors (Lipinski definition) is 2. The number of carbonyl (C=O) groups excluding carboxylic acids is 3. The van der Waals surface area contributed by atoms with Crippen LogP contribution >= 0.6 is 11.6 Å². The van der Waals surface area contributed by atoms with Crippen LogP contribution in [0.3, 0.4) is 0 Å². The number of carbonyl (C=O) groups is 3. The molecule has 2 aromatic carbocycles. The highest BCUT2D eigenvalue weighted by Crippen LogP contribution is 2.31. The fourth-order valence-corrected chi connectivity index (χ4v) is 5.23. The highest BCUT2D eigenvalue weighted by Gasteiger charge is 2.29. The van der Waals surface area contributed by atoms with E-state index in [1.165, 1.54) is 14.2 Å². The molecule has 2 unspecified atom stereocenters. The molecule has 45 heavy (non-hydrogen) atoms. The van der Waals surface area contributed by atoms with Gasteiger partial charge in [0.15, 0.2) is 0 Å². The van der Waals surface area contributed by atoms with Crippen molar-refractivity contribution >= 4 is 29.7 Å². The molecule has 1 aliphatic heterocycles. The van der Waals surface area contributed by atoms with Gasteiger partial charge in [0.2, 0.25) is 0 Å². The molecule has 1 fully saturated rings. The smallest absolute Gasteiger partial charge is 0.410 e. The summed E-state index contributed by atoms with van der Waals surface area (Å²) in [6.45, 7) is 7.40. The Labute approximate surface area is 270 Å². The van der Waals surface area contributed by atoms with Crippen molar-refractivity contribution in [3.8, 4) is 5.75 Å². The van der Waals surface area contributed by atoms with Crippen LogP contribution in [-0.4, -0.2) is 88.8 Å². The quantitative estimate of drug-likeness (QED) is 0.270. The van der Waals surface area contributed by atoms with E-state index >= 15 is 0 Å². The lowest BCUT2D eigenvalue weighted by molar-refractivity contribution is 0.0112. The van der Waals surface area contributed by atoms with Crippen LogP contribution < -0.4 is 15.4 Å². The van der Waals surface area contributed by atoms with Crippen molar-refractivity contribution in [1.82, 2.24) is 15.5 Å². The highest BCUT2D eigenvalue weighted by molar-refractivity contribution is 6.30. The number of ether oxygens (including phenoxy) is 5. The second kappa shape index (κ2) is 17.2. The van der Waals surface area contributed by atoms with Crippen molar-refractivity contribution in [3.05, 3.63) is 64.2 Å². The van der Waals surface area contributed by atoms with Gasteiger partial charge in [0.05, 0.1) is 26.9 Å². The SMILES string of the molecule is COC(=O)NCCOC(c1cccc(Cl)c1)c1cc(OC)cc(C(=O)NCC(C[C@H]2CCCOC2)N(C)C(=O)OC(C)(C)C)c1. The Bertz CT molecular complexity index is 1280. The molecule has 0 radical (unpaired) electrons. The number of alkyl carbamates (subject to hydrolysis) is 1. The molecule has 2 aromatic rings. The maximum Gasteiger partial charge on any atom is 0.410 e. The number of hydrogen-bond acceptors (Lipinski definition) is 8. The van der Waals surface area contributed by atoms with Crippen molar-refractivity contribution in [1.29, 1.82) is 0 Å². The first kappa shape index (κ1) is 35.9. The second-order valence-electron chi connectivity index (χ2n) is 12.0. The van der Waals surface area contributed by atoms with Gasteiger partial charge in [-0.1, -0.05) is 23.7 Å². The highest BCUT2D eigenvalue weighted by atomic mass is 35.5. The van der Waals surface area contributed by atoms with Crippen molar-refractivity contribution in [3.63, 3.8) is 0 Å². The molecule has 0 saturated carbocycles. The Hall–Kier alpha value is -3.54. The Balaban J connectivity index is 1.83. The van der Waals surface area contributed by atoms with E-state index in [9.17, 15) is 14.4 Å². The molecule has 11 nitrogen and oxygen atoms in total. The number of methoxy groups -OCH3 is 2. The van der Waals surface area contributed by atoms with Crippen molar-refractivity contribution in [2.75, 3.05) is 54.2 Å². The van der Waals surface area contributed by atoms with Crippen molar-refractivity contribution in [2.45, 2.75) is 57.8 Å². The first-order valence-electron chi connectivity index (χ1n) is 15.1. The van der Waals surface area contributed by atoms with Gasteiger partial charge in [0.1, 0.15) is 17.5 Å². The maximum atomic E-state index is 13.6. The average Bonchev–Trinajstić information content (AvgIpc) is 3.01. The minimum Gasteiger partial charge on any atom is -0.497 e. The Morgan fingerprint density at radius 3 is 2.51 bits per heavy atom. The lowest BCUT2D eigenvalue weighted by Crippen LogP contribution is -2.48. The standard InChI is InChI=1S/C33H46ClN3O8/c1-33(2,3)45-32(40)37(4)27(15-22-9-8-13-43-21-22)20-36-30(38)25-16-24(18-28(19-25)41-5)29(23-10-7-11-26(34)17-23)44-14-12-35-31(39)42-6/h7,10-11,16-19,22,27,29H,8-9,12-15,20-21H2,1-6H3,(H,35,39)(H,36,38)/t22-,27?,29?/m1/s1. The fraction of sp³-hybridized carbons (Fsp3) is 0.545. The van der Waals surface area contributed by atoms with Gasteiger partial charge in [-0.15, -0.1) is 0 Å². The zero-order valence-corrected chi connectivity index (χ0v) is 27.8. The molecule has 0 bridgehead atoms. The molecule has 0 aliphatic carbocycles. The molecule has 248 valence electrons. The van der Waals surface area contributed by atoms with Crippen LogP contribution in [0.5, 0.6) is 5.75 Å². The number of amides is 3. The van der Waals surface area contributed by atoms with Crippen LogP contribution in [0.1, 0.15) is 67.6 Å². The lowest BCUT2D eigenvalue weighted by Gasteiger charge is -2.34. The summed E-state index contributed by atoms with van der Waals surface area (Å²) in [6, 6.07) is 12.1. The summed E-state index contributed by atoms with van der Waals surface area (Å²) in [5.41, 5.74) is 1.11. The van der Waals surface area contributed by atoms with Crippen LogP contribution in [0, 0.1) is 5.92 Å². The van der Waals surface area contributed by atoms with E-state index in [-0.39, 0.29) is 37.6 Å². The third kappa shape index (κ3) is 11.7. The largest absolute Gasteiger partial charge is 0.497 e. The predicted molar refractivity (Wildman–Crippen MR) is 171 cm³/mol. The minimum atomic E-state index is -0.652. The van der Waals surface area contributed by atoms with Gasteiger partial charge >= 0.3 is 12.2 Å². The summed E-state index contributed by atoms with van der Waals surface area (Å²) in [5.74, 6) is 0.385. The molecule has 2 N–H and O–H groups in total. The normalized spacial score (nSPS) is 16.2. The summed E-state index contributed by atoms with van der Waals surface area (Å²) in [4.78, 5) is 39.6. The van der Waals surface area contributed by atoms with Gasteiger partial charge in [0.25, 0.3) is 5.91 Å². The van der Waals surface area contributed by atoms with Crippen LogP contribution in [0.4, 0.5) is 9.59 Å². The maximum absolute atomic E-state index is 13.6. The van der Waals surface area contributed by atoms with E-state index in [1.807, 2.05) is 32.9 Å². The third-order valence-corrected chi connectivity index (χ3v) is 7.54. The Kier molecular flexibility index (Phi) is 13.8. The van der Waals surface area contributed by atoms with Crippen molar-refractivity contribution < 1.29 is 38.1 Å². The van der Waals surface area contributed by atoms with Gasteiger partial charge in [-0.05, 0) is 87.4 Å². The third-order valence-electron chi connectivity index (χ3n) is 7.31. The van der Waals surface area contributed by atoms with Gasteiger partial charge < -0.3 is 39.2 Å². The topological polar surface area (TPSA) is 125 Å². The van der Waals surface area contributed by atoms with E-state index in [0.717, 1.165) is 25.0 Å². The monoisotopic (exact) mass is 647 g/mol. The fourth-order valence-electron chi connectivity index (χ4n) is 5.03. The van der Waals surface area contributed by atoms with Crippen LogP contribution in [0.2, 0.25) is 5.02 Å². The number of benzene rings is 2. The van der Waals surface area contributed by atoms with Gasteiger partial charge in [-0.2, -0.15) is 0 Å². The first-order chi connectivity index (χ1) is 21.4. The lowest BCUT2D eigenvalue weighted by atomic mass is 9.93. The molecule has 1 saturated heterocycles. The number of nitrogens with zero attached hydrogens (tertiary/aromatic N) is 1. The predicted octanol–water partition coefficient (Wildman–Crippen LogP) is 5.59. The molecule has 1 heterocycles. The first-order valence-corrected chi connectivity index (χ1v) is 15.5. The number of likely N-dealkylation sites (N-methyl/N-ethyl adjacent to an activating group) is 1. The summed E-state index contributed by atoms with van der Waals surface area (Å²) >= 11 is 6.30. The summed E-state index contributed by atoms with van der Waals surface area (Å²) < 4.78 is 27.7. The molecule has 3 amide bonds. The van der Waals surface area contributed by atoms with E-state index in [1.54, 1.807) is 42.3 Å². The summed E-state index contributed by atoms with van der Waals surface area (Å²) in [5, 5.41) is 6.14. The minimum absolute atomic E-state index is 0.161. The molecule has 3 rings (SSSR count). The summed E-state index contributed by atoms with van der Waals surface area (Å²) in [6.07, 6.45) is 0.966. The molecule has 0 aromatic heterocycles. The zero-order valence-electron chi connectivity index (χ0n) is 27.0. The van der Waals surface area contributed by atoms with E-state index in [2.05, 4.69) is 15.4 Å². The molecule has 12 heteroatoms. The van der Waals surface area contributed by atoms with Crippen molar-refractivity contribution in [2.24, 2.45) is 5.92 Å². The van der Waals surface area contributed by atoms with Crippen LogP contribution in [-0.2, 0) is 18.9 Å². The summed E-state index contributed by atoms with van der Waals surface area (Å²) in [7, 11) is 4.50. The Morgan fingerprint density at radius 2 is 1.87 bits per heavy atom. The van der Waals surface area contributed by atoms with E-state index < -0.39 is 23.9 Å². The van der Waals surface area contributed by atoms with Crippen LogP contribution in [0.15, 0.2) is 42.5 Å².